The van der Waals surface area contributed by atoms with E-state index in [1.165, 1.54) is 6.92 Å². The summed E-state index contributed by atoms with van der Waals surface area (Å²) in [5, 5.41) is 2.66. The Morgan fingerprint density at radius 1 is 1.45 bits per heavy atom. The lowest BCUT2D eigenvalue weighted by molar-refractivity contribution is -0.114. The zero-order valence-electron chi connectivity index (χ0n) is 6.16. The van der Waals surface area contributed by atoms with Crippen molar-refractivity contribution in [3.63, 3.8) is 0 Å². The molecule has 0 saturated carbocycles. The average Bonchev–Trinajstić information content (AvgIpc) is 1.93. The summed E-state index contributed by atoms with van der Waals surface area (Å²) < 4.78 is 0. The van der Waals surface area contributed by atoms with Crippen LogP contribution in [0, 0.1) is 0 Å². The molecule has 60 valence electrons. The monoisotopic (exact) mass is 169 g/mol. The number of carbonyl (C=O) groups is 1. The van der Waals surface area contributed by atoms with Gasteiger partial charge in [-0.15, -0.1) is 12.6 Å². The molecule has 3 heteroatoms. The van der Waals surface area contributed by atoms with Gasteiger partial charge in [-0.05, 0) is 24.3 Å². The third kappa shape index (κ3) is 2.63. The van der Waals surface area contributed by atoms with Crippen LogP contribution in [-0.4, -0.2) is 5.91 Å². The van der Waals surface area contributed by atoms with Gasteiger partial charge in [-0.1, -0.05) is 0 Å². The fraction of sp³-hybridized carbons (Fsp3) is 0.125. The summed E-state index contributed by atoms with van der Waals surface area (Å²) in [7, 11) is 0. The molecule has 0 radical (unpaired) electrons. The number of hydrogen-bond donors (Lipinski definition) is 2. The summed E-state index contributed by atoms with van der Waals surface area (Å²) in [6, 6.07) is 7.27. The van der Waals surface area contributed by atoms with Gasteiger partial charge >= 0.3 is 0 Å². The maximum Gasteiger partial charge on any atom is 0.221 e. The van der Waals surface area contributed by atoms with Gasteiger partial charge in [-0.25, -0.2) is 0 Å². The van der Waals surface area contributed by atoms with Crippen molar-refractivity contribution in [2.24, 2.45) is 0 Å². The number of rotatable bonds is 1. The molecule has 1 aromatic carbocycles. The number of carbonyl (C=O) groups excluding carboxylic acids is 1. The highest BCUT2D eigenvalue weighted by Gasteiger charge is 1.92. The molecule has 1 rings (SSSR count). The molecule has 0 bridgehead atoms. The third-order valence-electron chi connectivity index (χ3n) is 1.19. The van der Waals surface area contributed by atoms with Crippen LogP contribution in [0.1, 0.15) is 8.35 Å². The van der Waals surface area contributed by atoms with E-state index >= 15 is 0 Å². The summed E-state index contributed by atoms with van der Waals surface area (Å²) in [4.78, 5) is 11.5. The van der Waals surface area contributed by atoms with Gasteiger partial charge in [0.05, 0.1) is 0 Å². The summed E-state index contributed by atoms with van der Waals surface area (Å²) in [5.74, 6) is -0.0584. The highest BCUT2D eigenvalue weighted by atomic mass is 32.1. The van der Waals surface area contributed by atoms with Crippen molar-refractivity contribution in [2.45, 2.75) is 11.8 Å². The van der Waals surface area contributed by atoms with Crippen LogP contribution in [0.4, 0.5) is 5.69 Å². The number of thiol groups is 1. The van der Waals surface area contributed by atoms with E-state index in [0.717, 1.165) is 10.6 Å². The van der Waals surface area contributed by atoms with E-state index in [0.29, 0.717) is 0 Å². The van der Waals surface area contributed by atoms with Crippen LogP contribution in [0.2, 0.25) is 0 Å². The summed E-state index contributed by atoms with van der Waals surface area (Å²) in [6.45, 7) is 1.48. The topological polar surface area (TPSA) is 29.1 Å². The SMILES string of the molecule is CC(=O)Nc1ccc(S)cc1.[HH]. The molecule has 0 aliphatic rings. The Morgan fingerprint density at radius 2 is 2.00 bits per heavy atom. The van der Waals surface area contributed by atoms with Gasteiger partial charge in [0.1, 0.15) is 0 Å². The van der Waals surface area contributed by atoms with Crippen LogP contribution in [-0.2, 0) is 4.79 Å². The minimum atomic E-state index is -0.0584. The Balaban J connectivity index is 0.00000121. The van der Waals surface area contributed by atoms with Gasteiger partial charge in [0.15, 0.2) is 0 Å². The molecule has 0 fully saturated rings. The van der Waals surface area contributed by atoms with Gasteiger partial charge in [-0.3, -0.25) is 4.79 Å². The first-order valence-electron chi connectivity index (χ1n) is 3.25. The van der Waals surface area contributed by atoms with Crippen molar-refractivity contribution in [3.8, 4) is 0 Å². The van der Waals surface area contributed by atoms with Crippen LogP contribution < -0.4 is 5.32 Å². The molecule has 0 spiro atoms. The molecule has 0 saturated heterocycles. The number of amides is 1. The average molecular weight is 169 g/mol. The van der Waals surface area contributed by atoms with Gasteiger partial charge < -0.3 is 5.32 Å². The summed E-state index contributed by atoms with van der Waals surface area (Å²) >= 11 is 4.11. The Morgan fingerprint density at radius 3 is 2.45 bits per heavy atom. The van der Waals surface area contributed by atoms with Crippen molar-refractivity contribution in [1.29, 1.82) is 0 Å². The minimum absolute atomic E-state index is 0. The van der Waals surface area contributed by atoms with E-state index in [-0.39, 0.29) is 7.33 Å². The normalized spacial score (nSPS) is 9.27. The van der Waals surface area contributed by atoms with Crippen molar-refractivity contribution < 1.29 is 6.22 Å². The van der Waals surface area contributed by atoms with E-state index in [9.17, 15) is 4.79 Å². The van der Waals surface area contributed by atoms with E-state index in [1.807, 2.05) is 24.3 Å². The number of benzene rings is 1. The summed E-state index contributed by atoms with van der Waals surface area (Å²) in [5.41, 5.74) is 0.801. The van der Waals surface area contributed by atoms with Gasteiger partial charge in [0, 0.05) is 18.9 Å². The van der Waals surface area contributed by atoms with Gasteiger partial charge in [0.25, 0.3) is 0 Å². The number of nitrogens with one attached hydrogen (secondary N) is 1. The van der Waals surface area contributed by atoms with E-state index < -0.39 is 0 Å². The molecule has 0 atom stereocenters. The largest absolute Gasteiger partial charge is 0.326 e. The van der Waals surface area contributed by atoms with Crippen LogP contribution in [0.15, 0.2) is 29.2 Å². The first-order chi connectivity index (χ1) is 5.18. The molecule has 2 nitrogen and oxygen atoms in total. The van der Waals surface area contributed by atoms with Crippen molar-refractivity contribution in [2.75, 3.05) is 5.32 Å². The second kappa shape index (κ2) is 3.44. The predicted molar refractivity (Wildman–Crippen MR) is 50.1 cm³/mol. The second-order valence-corrected chi connectivity index (χ2v) is 2.74. The Labute approximate surface area is 72.5 Å². The standard InChI is InChI=1S/C8H9NOS.H2/c1-6(10)9-7-2-4-8(11)5-3-7;/h2-5,11H,1H3,(H,9,10);1H. The lowest BCUT2D eigenvalue weighted by Crippen LogP contribution is -2.04. The Kier molecular flexibility index (Phi) is 2.54. The quantitative estimate of drug-likeness (QED) is 0.620. The molecule has 0 aliphatic heterocycles. The summed E-state index contributed by atoms with van der Waals surface area (Å²) in [6.07, 6.45) is 0. The van der Waals surface area contributed by atoms with E-state index in [4.69, 9.17) is 0 Å². The van der Waals surface area contributed by atoms with Crippen LogP contribution in [0.5, 0.6) is 0 Å². The first kappa shape index (κ1) is 8.14. The maximum absolute atomic E-state index is 10.6. The predicted octanol–water partition coefficient (Wildman–Crippen LogP) is 2.18. The fourth-order valence-electron chi connectivity index (χ4n) is 0.748. The lowest BCUT2D eigenvalue weighted by Gasteiger charge is -2.00. The molecule has 0 unspecified atom stereocenters. The molecule has 1 N–H and O–H groups in total. The van der Waals surface area contributed by atoms with Crippen LogP contribution in [0.25, 0.3) is 0 Å². The van der Waals surface area contributed by atoms with Crippen molar-refractivity contribution in [3.05, 3.63) is 24.3 Å². The van der Waals surface area contributed by atoms with E-state index in [1.54, 1.807) is 0 Å². The molecule has 11 heavy (non-hydrogen) atoms. The third-order valence-corrected chi connectivity index (χ3v) is 1.49. The molecule has 0 aliphatic carbocycles. The van der Waals surface area contributed by atoms with Crippen LogP contribution in [0.3, 0.4) is 0 Å². The molecule has 1 aromatic rings. The van der Waals surface area contributed by atoms with Crippen molar-refractivity contribution >= 4 is 24.2 Å². The maximum atomic E-state index is 10.6. The highest BCUT2D eigenvalue weighted by Crippen LogP contribution is 2.11. The minimum Gasteiger partial charge on any atom is -0.326 e. The molecule has 1 amide bonds. The number of hydrogen-bond acceptors (Lipinski definition) is 2. The lowest BCUT2D eigenvalue weighted by atomic mass is 10.3. The van der Waals surface area contributed by atoms with Gasteiger partial charge in [-0.2, -0.15) is 0 Å². The van der Waals surface area contributed by atoms with E-state index in [2.05, 4.69) is 17.9 Å². The molecular formula is C8H11NOS. The van der Waals surface area contributed by atoms with Crippen LogP contribution >= 0.6 is 12.6 Å². The molecule has 0 aromatic heterocycles. The zero-order valence-corrected chi connectivity index (χ0v) is 7.06. The Bertz CT molecular complexity index is 260. The highest BCUT2D eigenvalue weighted by molar-refractivity contribution is 7.80. The smallest absolute Gasteiger partial charge is 0.221 e. The van der Waals surface area contributed by atoms with Crippen molar-refractivity contribution in [1.82, 2.24) is 0 Å². The number of anilines is 1. The zero-order chi connectivity index (χ0) is 8.27. The molecular weight excluding hydrogens is 158 g/mol. The fourth-order valence-corrected chi connectivity index (χ4v) is 0.897. The van der Waals surface area contributed by atoms with Gasteiger partial charge in [0.2, 0.25) is 5.91 Å². The Hall–Kier alpha value is -0.960. The first-order valence-corrected chi connectivity index (χ1v) is 3.70. The molecule has 0 heterocycles. The second-order valence-electron chi connectivity index (χ2n) is 2.23.